The summed E-state index contributed by atoms with van der Waals surface area (Å²) < 4.78 is 11.5. The molecule has 7 heteroatoms. The topological polar surface area (TPSA) is 80.8 Å². The lowest BCUT2D eigenvalue weighted by molar-refractivity contribution is -0.127. The number of nitrogens with zero attached hydrogens (tertiary/aromatic N) is 2. The van der Waals surface area contributed by atoms with Crippen LogP contribution < -0.4 is 14.8 Å². The predicted octanol–water partition coefficient (Wildman–Crippen LogP) is 2.80. The van der Waals surface area contributed by atoms with Crippen LogP contribution in [0.25, 0.3) is 0 Å². The highest BCUT2D eigenvalue weighted by Gasteiger charge is 2.19. The smallest absolute Gasteiger partial charge is 0.251 e. The van der Waals surface area contributed by atoms with Crippen LogP contribution >= 0.6 is 0 Å². The molecule has 1 fully saturated rings. The van der Waals surface area contributed by atoms with Gasteiger partial charge >= 0.3 is 0 Å². The summed E-state index contributed by atoms with van der Waals surface area (Å²) in [5.41, 5.74) is 1.47. The monoisotopic (exact) mass is 397 g/mol. The highest BCUT2D eigenvalue weighted by Crippen LogP contribution is 2.29. The third-order valence-corrected chi connectivity index (χ3v) is 4.68. The summed E-state index contributed by atoms with van der Waals surface area (Å²) in [5.74, 6) is 1.16. The first-order chi connectivity index (χ1) is 14.2. The van der Waals surface area contributed by atoms with E-state index >= 15 is 0 Å². The van der Waals surface area contributed by atoms with Crippen LogP contribution in [0.5, 0.6) is 11.5 Å². The number of carbonyl (C=O) groups is 2. The van der Waals surface area contributed by atoms with Gasteiger partial charge in [-0.05, 0) is 44.0 Å². The molecule has 2 heterocycles. The van der Waals surface area contributed by atoms with Crippen LogP contribution in [0.4, 0.5) is 0 Å². The molecule has 29 heavy (non-hydrogen) atoms. The fourth-order valence-electron chi connectivity index (χ4n) is 3.20. The maximum absolute atomic E-state index is 12.5. The second kappa shape index (κ2) is 10.5. The van der Waals surface area contributed by atoms with E-state index in [0.717, 1.165) is 24.9 Å². The Labute approximate surface area is 171 Å². The highest BCUT2D eigenvalue weighted by molar-refractivity contribution is 5.94. The van der Waals surface area contributed by atoms with Crippen LogP contribution in [0.2, 0.25) is 0 Å². The van der Waals surface area contributed by atoms with Gasteiger partial charge in [-0.25, -0.2) is 0 Å². The van der Waals surface area contributed by atoms with Gasteiger partial charge in [-0.1, -0.05) is 6.07 Å². The molecule has 0 radical (unpaired) electrons. The molecule has 1 aromatic carbocycles. The lowest BCUT2D eigenvalue weighted by atomic mass is 10.2. The van der Waals surface area contributed by atoms with E-state index in [4.69, 9.17) is 9.47 Å². The van der Waals surface area contributed by atoms with Crippen molar-refractivity contribution in [1.82, 2.24) is 15.2 Å². The van der Waals surface area contributed by atoms with Gasteiger partial charge in [0.25, 0.3) is 5.91 Å². The highest BCUT2D eigenvalue weighted by atomic mass is 16.5. The molecule has 0 aliphatic carbocycles. The molecule has 0 unspecified atom stereocenters. The van der Waals surface area contributed by atoms with Gasteiger partial charge in [0.1, 0.15) is 6.61 Å². The van der Waals surface area contributed by atoms with E-state index in [9.17, 15) is 9.59 Å². The number of amides is 2. The number of aromatic nitrogens is 1. The van der Waals surface area contributed by atoms with E-state index < -0.39 is 0 Å². The van der Waals surface area contributed by atoms with Gasteiger partial charge < -0.3 is 19.7 Å². The number of likely N-dealkylation sites (tertiary alicyclic amines) is 1. The van der Waals surface area contributed by atoms with Crippen LogP contribution in [0.3, 0.4) is 0 Å². The van der Waals surface area contributed by atoms with E-state index in [-0.39, 0.29) is 11.8 Å². The molecule has 0 atom stereocenters. The molecule has 0 spiro atoms. The quantitative estimate of drug-likeness (QED) is 0.624. The third kappa shape index (κ3) is 5.94. The van der Waals surface area contributed by atoms with Crippen molar-refractivity contribution in [2.24, 2.45) is 0 Å². The van der Waals surface area contributed by atoms with Crippen molar-refractivity contribution in [1.29, 1.82) is 0 Å². The molecule has 1 saturated heterocycles. The van der Waals surface area contributed by atoms with Gasteiger partial charge in [-0.2, -0.15) is 0 Å². The Morgan fingerprint density at radius 2 is 2.14 bits per heavy atom. The summed E-state index contributed by atoms with van der Waals surface area (Å²) in [5, 5.41) is 2.90. The Morgan fingerprint density at radius 3 is 2.86 bits per heavy atom. The molecule has 2 amide bonds. The number of rotatable bonds is 10. The fraction of sp³-hybridized carbons (Fsp3) is 0.409. The number of benzene rings is 1. The first-order valence-corrected chi connectivity index (χ1v) is 10.0. The third-order valence-electron chi connectivity index (χ3n) is 4.68. The van der Waals surface area contributed by atoms with Gasteiger partial charge in [0, 0.05) is 49.6 Å². The molecule has 0 saturated carbocycles. The number of ether oxygens (including phenoxy) is 2. The average molecular weight is 397 g/mol. The lowest BCUT2D eigenvalue weighted by Gasteiger charge is -2.16. The minimum atomic E-state index is -0.169. The summed E-state index contributed by atoms with van der Waals surface area (Å²) >= 11 is 0. The molecule has 154 valence electrons. The van der Waals surface area contributed by atoms with Crippen molar-refractivity contribution in [3.8, 4) is 11.5 Å². The second-order valence-electron chi connectivity index (χ2n) is 6.84. The van der Waals surface area contributed by atoms with Crippen molar-refractivity contribution in [3.05, 3.63) is 53.9 Å². The average Bonchev–Trinajstić information content (AvgIpc) is 3.15. The van der Waals surface area contributed by atoms with Gasteiger partial charge in [-0.3, -0.25) is 14.6 Å². The van der Waals surface area contributed by atoms with Crippen LogP contribution in [0.1, 0.15) is 42.1 Å². The standard InChI is InChI=1S/C22H27N3O4/c1-2-28-20-14-18(8-9-19(20)29-16-17-6-3-10-23-15-17)22(27)24-11-5-13-25-12-4-7-21(25)26/h3,6,8-10,14-15H,2,4-5,7,11-13,16H2,1H3,(H,24,27). The number of nitrogens with one attached hydrogen (secondary N) is 1. The van der Waals surface area contributed by atoms with Crippen LogP contribution in [0, 0.1) is 0 Å². The van der Waals surface area contributed by atoms with E-state index in [2.05, 4.69) is 10.3 Å². The van der Waals surface area contributed by atoms with Crippen molar-refractivity contribution >= 4 is 11.8 Å². The number of hydrogen-bond acceptors (Lipinski definition) is 5. The van der Waals surface area contributed by atoms with E-state index in [1.165, 1.54) is 0 Å². The minimum Gasteiger partial charge on any atom is -0.490 e. The van der Waals surface area contributed by atoms with Gasteiger partial charge in [0.05, 0.1) is 6.61 Å². The minimum absolute atomic E-state index is 0.169. The Bertz CT molecular complexity index is 826. The van der Waals surface area contributed by atoms with E-state index in [1.807, 2.05) is 24.0 Å². The second-order valence-corrected chi connectivity index (χ2v) is 6.84. The first-order valence-electron chi connectivity index (χ1n) is 10.0. The van der Waals surface area contributed by atoms with E-state index in [0.29, 0.717) is 49.8 Å². The molecular formula is C22H27N3O4. The van der Waals surface area contributed by atoms with Crippen molar-refractivity contribution in [2.75, 3.05) is 26.2 Å². The van der Waals surface area contributed by atoms with Gasteiger partial charge in [-0.15, -0.1) is 0 Å². The lowest BCUT2D eigenvalue weighted by Crippen LogP contribution is -2.30. The summed E-state index contributed by atoms with van der Waals surface area (Å²) in [6.07, 6.45) is 5.77. The molecule has 1 aliphatic rings. The Kier molecular flexibility index (Phi) is 7.44. The molecule has 1 aromatic heterocycles. The molecule has 1 N–H and O–H groups in total. The molecule has 7 nitrogen and oxygen atoms in total. The van der Waals surface area contributed by atoms with Crippen LogP contribution in [-0.4, -0.2) is 47.9 Å². The van der Waals surface area contributed by atoms with Gasteiger partial charge in [0.15, 0.2) is 11.5 Å². The maximum atomic E-state index is 12.5. The zero-order valence-corrected chi connectivity index (χ0v) is 16.7. The molecule has 3 rings (SSSR count). The number of hydrogen-bond donors (Lipinski definition) is 1. The summed E-state index contributed by atoms with van der Waals surface area (Å²) in [6.45, 7) is 4.76. The van der Waals surface area contributed by atoms with E-state index in [1.54, 1.807) is 30.6 Å². The molecular weight excluding hydrogens is 370 g/mol. The zero-order valence-electron chi connectivity index (χ0n) is 16.7. The number of carbonyl (C=O) groups excluding carboxylic acids is 2. The van der Waals surface area contributed by atoms with Crippen LogP contribution in [-0.2, 0) is 11.4 Å². The molecule has 2 aromatic rings. The van der Waals surface area contributed by atoms with Crippen molar-refractivity contribution in [3.63, 3.8) is 0 Å². The van der Waals surface area contributed by atoms with Crippen molar-refractivity contribution in [2.45, 2.75) is 32.8 Å². The Balaban J connectivity index is 1.53. The predicted molar refractivity (Wildman–Crippen MR) is 109 cm³/mol. The fourth-order valence-corrected chi connectivity index (χ4v) is 3.20. The normalized spacial score (nSPS) is 13.4. The molecule has 1 aliphatic heterocycles. The summed E-state index contributed by atoms with van der Waals surface area (Å²) in [6, 6.07) is 8.96. The largest absolute Gasteiger partial charge is 0.490 e. The summed E-state index contributed by atoms with van der Waals surface area (Å²) in [7, 11) is 0. The Hall–Kier alpha value is -3.09. The summed E-state index contributed by atoms with van der Waals surface area (Å²) in [4.78, 5) is 30.0. The first kappa shape index (κ1) is 20.6. The zero-order chi connectivity index (χ0) is 20.5. The van der Waals surface area contributed by atoms with Crippen LogP contribution in [0.15, 0.2) is 42.7 Å². The number of pyridine rings is 1. The van der Waals surface area contributed by atoms with Gasteiger partial charge in [0.2, 0.25) is 5.91 Å². The maximum Gasteiger partial charge on any atom is 0.251 e. The van der Waals surface area contributed by atoms with Crippen molar-refractivity contribution < 1.29 is 19.1 Å². The SMILES string of the molecule is CCOc1cc(C(=O)NCCCN2CCCC2=O)ccc1OCc1cccnc1. The molecule has 0 bridgehead atoms. The Morgan fingerprint density at radius 1 is 1.24 bits per heavy atom.